The van der Waals surface area contributed by atoms with Crippen molar-refractivity contribution >= 4 is 17.2 Å². The van der Waals surface area contributed by atoms with Crippen molar-refractivity contribution in [3.8, 4) is 16.8 Å². The van der Waals surface area contributed by atoms with E-state index in [4.69, 9.17) is 18.0 Å². The lowest BCUT2D eigenvalue weighted by molar-refractivity contribution is 0.880. The summed E-state index contributed by atoms with van der Waals surface area (Å²) in [5.41, 5.74) is 9.67. The first-order chi connectivity index (χ1) is 9.74. The molecule has 0 bridgehead atoms. The van der Waals surface area contributed by atoms with Gasteiger partial charge in [0, 0.05) is 17.3 Å². The van der Waals surface area contributed by atoms with Crippen molar-refractivity contribution in [3.63, 3.8) is 0 Å². The van der Waals surface area contributed by atoms with E-state index in [-0.39, 0.29) is 0 Å². The summed E-state index contributed by atoms with van der Waals surface area (Å²) >= 11 is 4.95. The highest BCUT2D eigenvalue weighted by Crippen LogP contribution is 2.19. The quantitative estimate of drug-likeness (QED) is 0.749. The monoisotopic (exact) mass is 279 g/mol. The SMILES string of the molecule is NC(=S)c1ccc(-n2cc(-c3ccccc3)cn2)cc1. The van der Waals surface area contributed by atoms with Crippen LogP contribution in [0.25, 0.3) is 16.8 Å². The number of hydrogen-bond acceptors (Lipinski definition) is 2. The van der Waals surface area contributed by atoms with Gasteiger partial charge in [-0.25, -0.2) is 4.68 Å². The Morgan fingerprint density at radius 2 is 1.65 bits per heavy atom. The Kier molecular flexibility index (Phi) is 3.31. The summed E-state index contributed by atoms with van der Waals surface area (Å²) in [5.74, 6) is 0. The fraction of sp³-hybridized carbons (Fsp3) is 0. The smallest absolute Gasteiger partial charge is 0.103 e. The van der Waals surface area contributed by atoms with E-state index >= 15 is 0 Å². The third-order valence-corrected chi connectivity index (χ3v) is 3.34. The van der Waals surface area contributed by atoms with Gasteiger partial charge < -0.3 is 5.73 Å². The Labute approximate surface area is 122 Å². The Hall–Kier alpha value is -2.46. The minimum Gasteiger partial charge on any atom is -0.389 e. The zero-order valence-corrected chi connectivity index (χ0v) is 11.5. The van der Waals surface area contributed by atoms with Crippen LogP contribution in [0.15, 0.2) is 67.0 Å². The molecular weight excluding hydrogens is 266 g/mol. The summed E-state index contributed by atoms with van der Waals surface area (Å²) in [6.45, 7) is 0. The molecule has 3 rings (SSSR count). The van der Waals surface area contributed by atoms with E-state index in [0.29, 0.717) is 4.99 Å². The lowest BCUT2D eigenvalue weighted by Crippen LogP contribution is -2.09. The van der Waals surface area contributed by atoms with Crippen molar-refractivity contribution in [1.82, 2.24) is 9.78 Å². The van der Waals surface area contributed by atoms with E-state index < -0.39 is 0 Å². The van der Waals surface area contributed by atoms with Gasteiger partial charge in [-0.05, 0) is 29.8 Å². The molecule has 3 nitrogen and oxygen atoms in total. The summed E-state index contributed by atoms with van der Waals surface area (Å²) in [7, 11) is 0. The van der Waals surface area contributed by atoms with E-state index in [1.165, 1.54) is 0 Å². The molecule has 3 aromatic rings. The molecular formula is C16H13N3S. The van der Waals surface area contributed by atoms with Crippen LogP contribution in [0.1, 0.15) is 5.56 Å². The molecule has 0 amide bonds. The summed E-state index contributed by atoms with van der Waals surface area (Å²) < 4.78 is 1.84. The molecule has 1 aromatic heterocycles. The van der Waals surface area contributed by atoms with Gasteiger partial charge in [0.2, 0.25) is 0 Å². The molecule has 0 saturated heterocycles. The standard InChI is InChI=1S/C16H13N3S/c17-16(20)13-6-8-15(9-7-13)19-11-14(10-18-19)12-4-2-1-3-5-12/h1-11H,(H2,17,20). The predicted molar refractivity (Wildman–Crippen MR) is 84.9 cm³/mol. The highest BCUT2D eigenvalue weighted by atomic mass is 32.1. The highest BCUT2D eigenvalue weighted by molar-refractivity contribution is 7.80. The van der Waals surface area contributed by atoms with Crippen LogP contribution >= 0.6 is 12.2 Å². The summed E-state index contributed by atoms with van der Waals surface area (Å²) in [6, 6.07) is 17.9. The number of nitrogens with zero attached hydrogens (tertiary/aromatic N) is 2. The topological polar surface area (TPSA) is 43.8 Å². The van der Waals surface area contributed by atoms with Crippen LogP contribution in [0.3, 0.4) is 0 Å². The van der Waals surface area contributed by atoms with Gasteiger partial charge in [-0.3, -0.25) is 0 Å². The maximum Gasteiger partial charge on any atom is 0.103 e. The molecule has 0 unspecified atom stereocenters. The molecule has 0 saturated carbocycles. The number of nitrogens with two attached hydrogens (primary N) is 1. The molecule has 0 spiro atoms. The van der Waals surface area contributed by atoms with Crippen LogP contribution in [-0.4, -0.2) is 14.8 Å². The summed E-state index contributed by atoms with van der Waals surface area (Å²) in [5, 5.41) is 4.39. The normalized spacial score (nSPS) is 10.4. The fourth-order valence-electron chi connectivity index (χ4n) is 2.02. The van der Waals surface area contributed by atoms with Gasteiger partial charge in [0.05, 0.1) is 11.9 Å². The van der Waals surface area contributed by atoms with Crippen LogP contribution in [0, 0.1) is 0 Å². The van der Waals surface area contributed by atoms with Crippen molar-refractivity contribution in [2.75, 3.05) is 0 Å². The largest absolute Gasteiger partial charge is 0.389 e. The first-order valence-corrected chi connectivity index (χ1v) is 6.65. The van der Waals surface area contributed by atoms with E-state index in [9.17, 15) is 0 Å². The second-order valence-corrected chi connectivity index (χ2v) is 4.89. The second-order valence-electron chi connectivity index (χ2n) is 4.45. The lowest BCUT2D eigenvalue weighted by Gasteiger charge is -2.03. The molecule has 0 radical (unpaired) electrons. The molecule has 0 aliphatic heterocycles. The molecule has 2 N–H and O–H groups in total. The average Bonchev–Trinajstić information content (AvgIpc) is 2.98. The van der Waals surface area contributed by atoms with E-state index in [1.54, 1.807) is 0 Å². The van der Waals surface area contributed by atoms with Gasteiger partial charge in [-0.2, -0.15) is 5.10 Å². The first-order valence-electron chi connectivity index (χ1n) is 6.24. The number of rotatable bonds is 3. The molecule has 0 aliphatic rings. The third-order valence-electron chi connectivity index (χ3n) is 3.11. The van der Waals surface area contributed by atoms with Crippen molar-refractivity contribution < 1.29 is 0 Å². The van der Waals surface area contributed by atoms with Gasteiger partial charge in [0.25, 0.3) is 0 Å². The second kappa shape index (κ2) is 5.27. The van der Waals surface area contributed by atoms with Crippen molar-refractivity contribution in [1.29, 1.82) is 0 Å². The molecule has 98 valence electrons. The number of benzene rings is 2. The Morgan fingerprint density at radius 1 is 0.950 bits per heavy atom. The minimum atomic E-state index is 0.405. The maximum atomic E-state index is 5.59. The van der Waals surface area contributed by atoms with Gasteiger partial charge in [0.1, 0.15) is 4.99 Å². The minimum absolute atomic E-state index is 0.405. The lowest BCUT2D eigenvalue weighted by atomic mass is 10.1. The predicted octanol–water partition coefficient (Wildman–Crippen LogP) is 3.17. The first kappa shape index (κ1) is 12.6. The number of thiocarbonyl (C=S) groups is 1. The molecule has 0 atom stereocenters. The van der Waals surface area contributed by atoms with E-state index in [2.05, 4.69) is 17.2 Å². The van der Waals surface area contributed by atoms with Crippen LogP contribution in [0.5, 0.6) is 0 Å². The van der Waals surface area contributed by atoms with Crippen LogP contribution < -0.4 is 5.73 Å². The zero-order chi connectivity index (χ0) is 13.9. The number of aromatic nitrogens is 2. The fourth-order valence-corrected chi connectivity index (χ4v) is 2.16. The molecule has 20 heavy (non-hydrogen) atoms. The van der Waals surface area contributed by atoms with Gasteiger partial charge in [0.15, 0.2) is 0 Å². The summed E-state index contributed by atoms with van der Waals surface area (Å²) in [6.07, 6.45) is 3.86. The van der Waals surface area contributed by atoms with Crippen LogP contribution in [0.2, 0.25) is 0 Å². The molecule has 1 heterocycles. The van der Waals surface area contributed by atoms with Gasteiger partial charge in [-0.1, -0.05) is 42.5 Å². The van der Waals surface area contributed by atoms with E-state index in [0.717, 1.165) is 22.4 Å². The van der Waals surface area contributed by atoms with Crippen LogP contribution in [-0.2, 0) is 0 Å². The zero-order valence-electron chi connectivity index (χ0n) is 10.7. The van der Waals surface area contributed by atoms with E-state index in [1.807, 2.05) is 59.5 Å². The van der Waals surface area contributed by atoms with Gasteiger partial charge in [-0.15, -0.1) is 0 Å². The maximum absolute atomic E-state index is 5.59. The average molecular weight is 279 g/mol. The Balaban J connectivity index is 1.92. The van der Waals surface area contributed by atoms with Crippen LogP contribution in [0.4, 0.5) is 0 Å². The van der Waals surface area contributed by atoms with Crippen molar-refractivity contribution in [3.05, 3.63) is 72.6 Å². The van der Waals surface area contributed by atoms with Crippen molar-refractivity contribution in [2.24, 2.45) is 5.73 Å². The molecule has 2 aromatic carbocycles. The molecule has 0 fully saturated rings. The third kappa shape index (κ3) is 2.46. The number of hydrogen-bond donors (Lipinski definition) is 1. The molecule has 0 aliphatic carbocycles. The summed E-state index contributed by atoms with van der Waals surface area (Å²) in [4.78, 5) is 0.405. The Bertz CT molecular complexity index is 730. The highest BCUT2D eigenvalue weighted by Gasteiger charge is 2.03. The van der Waals surface area contributed by atoms with Gasteiger partial charge >= 0.3 is 0 Å². The molecule has 4 heteroatoms. The Morgan fingerprint density at radius 3 is 2.30 bits per heavy atom. The van der Waals surface area contributed by atoms with Crippen molar-refractivity contribution in [2.45, 2.75) is 0 Å².